The predicted molar refractivity (Wildman–Crippen MR) is 87.0 cm³/mol. The minimum Gasteiger partial charge on any atom is -0.282 e. The lowest BCUT2D eigenvalue weighted by Crippen LogP contribution is -2.21. The molecule has 0 amide bonds. The van der Waals surface area contributed by atoms with Crippen LogP contribution in [0.2, 0.25) is 0 Å². The van der Waals surface area contributed by atoms with Gasteiger partial charge in [-0.25, -0.2) is 22.0 Å². The molecule has 0 spiro atoms. The van der Waals surface area contributed by atoms with Crippen molar-refractivity contribution < 1.29 is 16.8 Å². The third-order valence-corrected chi connectivity index (χ3v) is 5.49. The van der Waals surface area contributed by atoms with Gasteiger partial charge in [0, 0.05) is 4.47 Å². The smallest absolute Gasteiger partial charge is 0.238 e. The molecule has 1 aromatic rings. The van der Waals surface area contributed by atoms with Crippen LogP contribution in [0.15, 0.2) is 27.6 Å². The van der Waals surface area contributed by atoms with Crippen LogP contribution in [0.3, 0.4) is 0 Å². The SMILES string of the molecule is CC(C)(C)CCS(=O)(=O)Nc1ccc(S(N)(=O)=O)cc1Br. The topological polar surface area (TPSA) is 106 Å². The summed E-state index contributed by atoms with van der Waals surface area (Å²) in [5, 5.41) is 5.01. The standard InChI is InChI=1S/C12H19BrN2O4S2/c1-12(2,3)6-7-20(16,17)15-11-5-4-9(8-10(11)13)21(14,18)19/h4-5,8,15H,6-7H2,1-3H3,(H2,14,18,19). The van der Waals surface area contributed by atoms with E-state index < -0.39 is 20.0 Å². The van der Waals surface area contributed by atoms with E-state index >= 15 is 0 Å². The van der Waals surface area contributed by atoms with Crippen molar-refractivity contribution in [2.45, 2.75) is 32.1 Å². The second-order valence-electron chi connectivity index (χ2n) is 5.92. The van der Waals surface area contributed by atoms with Crippen LogP contribution in [0.4, 0.5) is 5.69 Å². The number of nitrogens with one attached hydrogen (secondary N) is 1. The molecule has 1 aromatic carbocycles. The van der Waals surface area contributed by atoms with Crippen LogP contribution in [-0.2, 0) is 20.0 Å². The molecule has 1 rings (SSSR count). The minimum absolute atomic E-state index is 0.0140. The summed E-state index contributed by atoms with van der Waals surface area (Å²) in [5.41, 5.74) is 0.181. The van der Waals surface area contributed by atoms with Gasteiger partial charge in [0.25, 0.3) is 0 Å². The zero-order chi connectivity index (χ0) is 16.5. The van der Waals surface area contributed by atoms with Gasteiger partial charge in [-0.2, -0.15) is 0 Å². The van der Waals surface area contributed by atoms with Gasteiger partial charge < -0.3 is 0 Å². The maximum atomic E-state index is 12.0. The number of benzene rings is 1. The summed E-state index contributed by atoms with van der Waals surface area (Å²) >= 11 is 3.14. The molecule has 0 aromatic heterocycles. The highest BCUT2D eigenvalue weighted by Gasteiger charge is 2.19. The number of primary sulfonamides is 1. The van der Waals surface area contributed by atoms with Crippen LogP contribution in [-0.4, -0.2) is 22.6 Å². The number of hydrogen-bond donors (Lipinski definition) is 2. The van der Waals surface area contributed by atoms with Crippen molar-refractivity contribution in [3.8, 4) is 0 Å². The maximum Gasteiger partial charge on any atom is 0.238 e. The summed E-state index contributed by atoms with van der Waals surface area (Å²) in [4.78, 5) is -0.0907. The van der Waals surface area contributed by atoms with E-state index in [-0.39, 0.29) is 21.8 Å². The summed E-state index contributed by atoms with van der Waals surface area (Å²) in [5.74, 6) is -0.0140. The lowest BCUT2D eigenvalue weighted by Gasteiger charge is -2.18. The fraction of sp³-hybridized carbons (Fsp3) is 0.500. The first-order chi connectivity index (χ1) is 9.30. The Labute approximate surface area is 134 Å². The largest absolute Gasteiger partial charge is 0.282 e. The fourth-order valence-electron chi connectivity index (χ4n) is 1.41. The first-order valence-electron chi connectivity index (χ1n) is 6.13. The van der Waals surface area contributed by atoms with E-state index in [4.69, 9.17) is 5.14 Å². The van der Waals surface area contributed by atoms with Crippen molar-refractivity contribution in [2.75, 3.05) is 10.5 Å². The van der Waals surface area contributed by atoms with Gasteiger partial charge in [0.05, 0.1) is 16.3 Å². The molecular formula is C12H19BrN2O4S2. The van der Waals surface area contributed by atoms with Crippen molar-refractivity contribution in [2.24, 2.45) is 10.6 Å². The zero-order valence-corrected chi connectivity index (χ0v) is 15.3. The van der Waals surface area contributed by atoms with Gasteiger partial charge in [0.1, 0.15) is 0 Å². The molecule has 0 aliphatic carbocycles. The van der Waals surface area contributed by atoms with E-state index in [2.05, 4.69) is 20.7 Å². The first-order valence-corrected chi connectivity index (χ1v) is 10.1. The van der Waals surface area contributed by atoms with Gasteiger partial charge in [-0.15, -0.1) is 0 Å². The lowest BCUT2D eigenvalue weighted by atomic mass is 9.94. The number of halogens is 1. The lowest BCUT2D eigenvalue weighted by molar-refractivity contribution is 0.397. The molecule has 0 heterocycles. The molecule has 0 atom stereocenters. The molecule has 0 aliphatic rings. The average molecular weight is 399 g/mol. The van der Waals surface area contributed by atoms with Crippen molar-refractivity contribution in [1.82, 2.24) is 0 Å². The van der Waals surface area contributed by atoms with Crippen molar-refractivity contribution in [1.29, 1.82) is 0 Å². The molecule has 0 saturated heterocycles. The van der Waals surface area contributed by atoms with E-state index in [1.165, 1.54) is 18.2 Å². The Morgan fingerprint density at radius 2 is 1.76 bits per heavy atom. The summed E-state index contributed by atoms with van der Waals surface area (Å²) in [6.07, 6.45) is 0.509. The quantitative estimate of drug-likeness (QED) is 0.792. The number of rotatable bonds is 5. The van der Waals surface area contributed by atoms with Crippen LogP contribution in [0.1, 0.15) is 27.2 Å². The number of nitrogens with two attached hydrogens (primary N) is 1. The molecule has 9 heteroatoms. The highest BCUT2D eigenvalue weighted by molar-refractivity contribution is 9.10. The summed E-state index contributed by atoms with van der Waals surface area (Å²) in [6.45, 7) is 5.87. The number of sulfonamides is 2. The van der Waals surface area contributed by atoms with E-state index in [1.54, 1.807) is 0 Å². The Bertz CT molecular complexity index is 722. The summed E-state index contributed by atoms with van der Waals surface area (Å²) in [6, 6.07) is 3.87. The molecule has 0 unspecified atom stereocenters. The molecule has 0 fully saturated rings. The molecule has 0 bridgehead atoms. The Kier molecular flexibility index (Phi) is 5.46. The third-order valence-electron chi connectivity index (χ3n) is 2.66. The third kappa shape index (κ3) is 6.33. The van der Waals surface area contributed by atoms with Crippen LogP contribution in [0, 0.1) is 5.41 Å². The average Bonchev–Trinajstić information content (AvgIpc) is 2.27. The van der Waals surface area contributed by atoms with Crippen LogP contribution >= 0.6 is 15.9 Å². The second-order valence-corrected chi connectivity index (χ2v) is 10.2. The van der Waals surface area contributed by atoms with Crippen LogP contribution in [0.5, 0.6) is 0 Å². The van der Waals surface area contributed by atoms with Gasteiger partial charge >= 0.3 is 0 Å². The highest BCUT2D eigenvalue weighted by atomic mass is 79.9. The van der Waals surface area contributed by atoms with Crippen LogP contribution < -0.4 is 9.86 Å². The second kappa shape index (κ2) is 6.23. The van der Waals surface area contributed by atoms with Crippen LogP contribution in [0.25, 0.3) is 0 Å². The van der Waals surface area contributed by atoms with E-state index in [0.29, 0.717) is 10.9 Å². The van der Waals surface area contributed by atoms with Gasteiger partial charge in [0.15, 0.2) is 0 Å². The predicted octanol–water partition coefficient (Wildman–Crippen LogP) is 2.27. The monoisotopic (exact) mass is 398 g/mol. The van der Waals surface area contributed by atoms with Crippen molar-refractivity contribution >= 4 is 41.7 Å². The summed E-state index contributed by atoms with van der Waals surface area (Å²) in [7, 11) is -7.32. The molecular weight excluding hydrogens is 380 g/mol. The summed E-state index contributed by atoms with van der Waals surface area (Å²) < 4.78 is 49.2. The van der Waals surface area contributed by atoms with E-state index in [1.807, 2.05) is 20.8 Å². The van der Waals surface area contributed by atoms with Crippen molar-refractivity contribution in [3.63, 3.8) is 0 Å². The zero-order valence-electron chi connectivity index (χ0n) is 12.1. The molecule has 21 heavy (non-hydrogen) atoms. The van der Waals surface area contributed by atoms with Gasteiger partial charge in [-0.05, 0) is 46.0 Å². The first kappa shape index (κ1) is 18.4. The molecule has 6 nitrogen and oxygen atoms in total. The van der Waals surface area contributed by atoms with E-state index in [0.717, 1.165) is 0 Å². The van der Waals surface area contributed by atoms with Gasteiger partial charge in [0.2, 0.25) is 20.0 Å². The molecule has 120 valence electrons. The Morgan fingerprint density at radius 1 is 1.19 bits per heavy atom. The van der Waals surface area contributed by atoms with Crippen molar-refractivity contribution in [3.05, 3.63) is 22.7 Å². The molecule has 0 saturated carbocycles. The molecule has 3 N–H and O–H groups in total. The number of hydrogen-bond acceptors (Lipinski definition) is 4. The van der Waals surface area contributed by atoms with Gasteiger partial charge in [-0.3, -0.25) is 4.72 Å². The Hall–Kier alpha value is -0.640. The Balaban J connectivity index is 2.94. The maximum absolute atomic E-state index is 12.0. The fourth-order valence-corrected chi connectivity index (χ4v) is 4.21. The molecule has 0 aliphatic heterocycles. The minimum atomic E-state index is -3.82. The van der Waals surface area contributed by atoms with Gasteiger partial charge in [-0.1, -0.05) is 20.8 Å². The van der Waals surface area contributed by atoms with E-state index in [9.17, 15) is 16.8 Å². The number of anilines is 1. The molecule has 0 radical (unpaired) electrons. The normalized spacial score (nSPS) is 13.2. The Morgan fingerprint density at radius 3 is 2.19 bits per heavy atom. The highest BCUT2D eigenvalue weighted by Crippen LogP contribution is 2.27.